The molecular formula is C22H21F3N4O4. The third kappa shape index (κ3) is 4.76. The van der Waals surface area contributed by atoms with E-state index in [1.54, 1.807) is 23.1 Å². The van der Waals surface area contributed by atoms with Crippen LogP contribution in [-0.4, -0.2) is 51.6 Å². The standard InChI is InChI=1S/C22H21F3N4O4/c1-13-17(33-19-12-27-18(11-28-19)22(23,24)25)4-3-8-29(13)21(30)15-6-5-14(31-2)10-16(15)20-26-7-9-32-20/h5-7,9-13,17H,3-4,8H2,1-2H3/t13-,17+/m0/s1. The Bertz CT molecular complexity index is 1100. The molecule has 174 valence electrons. The van der Waals surface area contributed by atoms with Gasteiger partial charge >= 0.3 is 6.18 Å². The van der Waals surface area contributed by atoms with Crippen LogP contribution in [-0.2, 0) is 6.18 Å². The maximum Gasteiger partial charge on any atom is 0.434 e. The quantitative estimate of drug-likeness (QED) is 0.560. The molecule has 2 aromatic heterocycles. The van der Waals surface area contributed by atoms with Crippen LogP contribution in [0, 0.1) is 0 Å². The lowest BCUT2D eigenvalue weighted by molar-refractivity contribution is -0.141. The Kier molecular flexibility index (Phi) is 6.21. The van der Waals surface area contributed by atoms with Crippen LogP contribution in [0.25, 0.3) is 11.5 Å². The van der Waals surface area contributed by atoms with E-state index in [2.05, 4.69) is 15.0 Å². The molecule has 3 heterocycles. The van der Waals surface area contributed by atoms with Gasteiger partial charge in [0, 0.05) is 6.54 Å². The van der Waals surface area contributed by atoms with Gasteiger partial charge in [0.05, 0.1) is 42.9 Å². The van der Waals surface area contributed by atoms with E-state index < -0.39 is 18.0 Å². The minimum absolute atomic E-state index is 0.0286. The van der Waals surface area contributed by atoms with Gasteiger partial charge in [-0.25, -0.2) is 15.0 Å². The largest absolute Gasteiger partial charge is 0.497 e. The second-order valence-corrected chi connectivity index (χ2v) is 7.52. The number of hydrogen-bond donors (Lipinski definition) is 0. The summed E-state index contributed by atoms with van der Waals surface area (Å²) in [7, 11) is 1.52. The molecule has 1 aliphatic rings. The van der Waals surface area contributed by atoms with E-state index in [-0.39, 0.29) is 23.7 Å². The van der Waals surface area contributed by atoms with Crippen LogP contribution >= 0.6 is 0 Å². The molecule has 33 heavy (non-hydrogen) atoms. The molecule has 2 atom stereocenters. The van der Waals surface area contributed by atoms with E-state index in [9.17, 15) is 18.0 Å². The Morgan fingerprint density at radius 1 is 1.21 bits per heavy atom. The fraction of sp³-hybridized carbons (Fsp3) is 0.364. The summed E-state index contributed by atoms with van der Waals surface area (Å²) in [4.78, 5) is 26.4. The summed E-state index contributed by atoms with van der Waals surface area (Å²) in [6, 6.07) is 4.65. The summed E-state index contributed by atoms with van der Waals surface area (Å²) in [5, 5.41) is 0. The Hall–Kier alpha value is -3.63. The molecule has 1 aromatic carbocycles. The summed E-state index contributed by atoms with van der Waals surface area (Å²) >= 11 is 0. The van der Waals surface area contributed by atoms with Gasteiger partial charge < -0.3 is 18.8 Å². The number of aromatic nitrogens is 3. The van der Waals surface area contributed by atoms with Gasteiger partial charge in [0.15, 0.2) is 5.69 Å². The Morgan fingerprint density at radius 2 is 2.03 bits per heavy atom. The highest BCUT2D eigenvalue weighted by Gasteiger charge is 2.36. The maximum atomic E-state index is 13.5. The average molecular weight is 462 g/mol. The number of piperidine rings is 1. The number of carbonyl (C=O) groups is 1. The van der Waals surface area contributed by atoms with Gasteiger partial charge in [-0.1, -0.05) is 0 Å². The van der Waals surface area contributed by atoms with Crippen molar-refractivity contribution in [2.45, 2.75) is 38.1 Å². The van der Waals surface area contributed by atoms with Gasteiger partial charge in [0.1, 0.15) is 18.1 Å². The number of nitrogens with zero attached hydrogens (tertiary/aromatic N) is 4. The molecule has 0 aliphatic carbocycles. The summed E-state index contributed by atoms with van der Waals surface area (Å²) in [5.74, 6) is 0.562. The number of ether oxygens (including phenoxy) is 2. The van der Waals surface area contributed by atoms with Crippen LogP contribution in [0.5, 0.6) is 11.6 Å². The van der Waals surface area contributed by atoms with Crippen molar-refractivity contribution in [3.8, 4) is 23.1 Å². The van der Waals surface area contributed by atoms with Crippen molar-refractivity contribution in [1.29, 1.82) is 0 Å². The van der Waals surface area contributed by atoms with Crippen molar-refractivity contribution in [2.24, 2.45) is 0 Å². The van der Waals surface area contributed by atoms with E-state index in [0.717, 1.165) is 6.20 Å². The highest BCUT2D eigenvalue weighted by molar-refractivity contribution is 6.00. The lowest BCUT2D eigenvalue weighted by atomic mass is 9.97. The number of benzene rings is 1. The predicted octanol–water partition coefficient (Wildman–Crippen LogP) is 4.23. The molecule has 0 bridgehead atoms. The normalized spacial score (nSPS) is 18.8. The van der Waals surface area contributed by atoms with Gasteiger partial charge in [-0.15, -0.1) is 0 Å². The first-order valence-electron chi connectivity index (χ1n) is 10.2. The second-order valence-electron chi connectivity index (χ2n) is 7.52. The summed E-state index contributed by atoms with van der Waals surface area (Å²) in [6.07, 6.45) is 0.709. The molecule has 1 fully saturated rings. The van der Waals surface area contributed by atoms with Gasteiger partial charge in [-0.2, -0.15) is 13.2 Å². The molecule has 1 saturated heterocycles. The highest BCUT2D eigenvalue weighted by Crippen LogP contribution is 2.31. The van der Waals surface area contributed by atoms with Crippen molar-refractivity contribution in [3.63, 3.8) is 0 Å². The third-order valence-electron chi connectivity index (χ3n) is 5.49. The van der Waals surface area contributed by atoms with Gasteiger partial charge in [0.25, 0.3) is 5.91 Å². The fourth-order valence-corrected chi connectivity index (χ4v) is 3.76. The number of amides is 1. The van der Waals surface area contributed by atoms with Crippen LogP contribution in [0.2, 0.25) is 0 Å². The molecule has 8 nitrogen and oxygen atoms in total. The van der Waals surface area contributed by atoms with Crippen molar-refractivity contribution in [3.05, 3.63) is 54.3 Å². The zero-order valence-electron chi connectivity index (χ0n) is 17.9. The first kappa shape index (κ1) is 22.6. The lowest BCUT2D eigenvalue weighted by Crippen LogP contribution is -2.51. The average Bonchev–Trinajstić information content (AvgIpc) is 3.34. The first-order chi connectivity index (χ1) is 15.8. The van der Waals surface area contributed by atoms with E-state index in [0.29, 0.717) is 42.5 Å². The van der Waals surface area contributed by atoms with Gasteiger partial charge in [0.2, 0.25) is 11.8 Å². The first-order valence-corrected chi connectivity index (χ1v) is 10.2. The van der Waals surface area contributed by atoms with Gasteiger partial charge in [-0.05, 0) is 38.0 Å². The molecule has 11 heteroatoms. The highest BCUT2D eigenvalue weighted by atomic mass is 19.4. The monoisotopic (exact) mass is 462 g/mol. The summed E-state index contributed by atoms with van der Waals surface area (Å²) in [5.41, 5.74) is -0.213. The minimum atomic E-state index is -4.58. The number of methoxy groups -OCH3 is 1. The number of hydrogen-bond acceptors (Lipinski definition) is 7. The molecule has 0 radical (unpaired) electrons. The smallest absolute Gasteiger partial charge is 0.434 e. The number of likely N-dealkylation sites (tertiary alicyclic amines) is 1. The fourth-order valence-electron chi connectivity index (χ4n) is 3.76. The Morgan fingerprint density at radius 3 is 2.67 bits per heavy atom. The number of oxazole rings is 1. The molecule has 1 amide bonds. The maximum absolute atomic E-state index is 13.5. The summed E-state index contributed by atoms with van der Waals surface area (Å²) in [6.45, 7) is 2.32. The number of alkyl halides is 3. The van der Waals surface area contributed by atoms with Crippen LogP contribution in [0.1, 0.15) is 35.8 Å². The molecule has 3 aromatic rings. The topological polar surface area (TPSA) is 90.6 Å². The van der Waals surface area contributed by atoms with Gasteiger partial charge in [-0.3, -0.25) is 4.79 Å². The Labute approximate surface area is 187 Å². The van der Waals surface area contributed by atoms with Crippen molar-refractivity contribution >= 4 is 5.91 Å². The van der Waals surface area contributed by atoms with E-state index in [1.807, 2.05) is 6.92 Å². The summed E-state index contributed by atoms with van der Waals surface area (Å²) < 4.78 is 54.6. The molecule has 0 spiro atoms. The SMILES string of the molecule is COc1ccc(C(=O)N2CCC[C@@H](Oc3cnc(C(F)(F)F)cn3)[C@@H]2C)c(-c2ncco2)c1. The molecule has 0 unspecified atom stereocenters. The Balaban J connectivity index is 1.55. The zero-order valence-corrected chi connectivity index (χ0v) is 17.9. The number of rotatable bonds is 5. The number of halogens is 3. The van der Waals surface area contributed by atoms with E-state index in [1.165, 1.54) is 19.6 Å². The number of carbonyl (C=O) groups excluding carboxylic acids is 1. The zero-order chi connectivity index (χ0) is 23.6. The third-order valence-corrected chi connectivity index (χ3v) is 5.49. The van der Waals surface area contributed by atoms with E-state index >= 15 is 0 Å². The molecule has 0 saturated carbocycles. The molecule has 4 rings (SSSR count). The lowest BCUT2D eigenvalue weighted by Gasteiger charge is -2.39. The second kappa shape index (κ2) is 9.08. The van der Waals surface area contributed by atoms with Crippen LogP contribution in [0.4, 0.5) is 13.2 Å². The van der Waals surface area contributed by atoms with Crippen LogP contribution in [0.3, 0.4) is 0 Å². The minimum Gasteiger partial charge on any atom is -0.497 e. The molecule has 0 N–H and O–H groups in total. The van der Waals surface area contributed by atoms with E-state index in [4.69, 9.17) is 13.9 Å². The molecule has 1 aliphatic heterocycles. The van der Waals surface area contributed by atoms with Crippen LogP contribution < -0.4 is 9.47 Å². The van der Waals surface area contributed by atoms with Crippen LogP contribution in [0.15, 0.2) is 47.5 Å². The van der Waals surface area contributed by atoms with Crippen molar-refractivity contribution in [2.75, 3.05) is 13.7 Å². The van der Waals surface area contributed by atoms with Crippen molar-refractivity contribution < 1.29 is 31.9 Å². The van der Waals surface area contributed by atoms with Crippen molar-refractivity contribution in [1.82, 2.24) is 19.9 Å². The predicted molar refractivity (Wildman–Crippen MR) is 110 cm³/mol. The molecular weight excluding hydrogens is 441 g/mol.